The Labute approximate surface area is 136 Å². The van der Waals surface area contributed by atoms with E-state index in [4.69, 9.17) is 4.74 Å². The first kappa shape index (κ1) is 15.6. The van der Waals surface area contributed by atoms with Crippen LogP contribution in [0.5, 0.6) is 5.75 Å². The van der Waals surface area contributed by atoms with Gasteiger partial charge in [0.2, 0.25) is 5.91 Å². The molecule has 1 fully saturated rings. The summed E-state index contributed by atoms with van der Waals surface area (Å²) in [5.41, 5.74) is 1.16. The van der Waals surface area contributed by atoms with Crippen molar-refractivity contribution in [2.24, 2.45) is 0 Å². The number of nitrogens with zero attached hydrogens (tertiary/aromatic N) is 3. The lowest BCUT2D eigenvalue weighted by Crippen LogP contribution is -2.41. The summed E-state index contributed by atoms with van der Waals surface area (Å²) < 4.78 is 7.78. The fraction of sp³-hybridized carbons (Fsp3) is 0.444. The maximum Gasteiger partial charge on any atom is 0.226 e. The Morgan fingerprint density at radius 3 is 3.13 bits per heavy atom. The van der Waals surface area contributed by atoms with Gasteiger partial charge in [-0.1, -0.05) is 12.1 Å². The van der Waals surface area contributed by atoms with E-state index in [1.54, 1.807) is 6.20 Å². The van der Waals surface area contributed by atoms with Crippen molar-refractivity contribution < 1.29 is 9.53 Å². The van der Waals surface area contributed by atoms with Gasteiger partial charge in [-0.05, 0) is 37.5 Å². The molecule has 1 aliphatic rings. The summed E-state index contributed by atoms with van der Waals surface area (Å²) in [5, 5.41) is 0. The highest BCUT2D eigenvalue weighted by molar-refractivity contribution is 5.76. The molecule has 3 rings (SSSR count). The predicted octanol–water partition coefficient (Wildman–Crippen LogP) is 2.82. The molecule has 1 aliphatic heterocycles. The Hall–Kier alpha value is -2.30. The summed E-state index contributed by atoms with van der Waals surface area (Å²) in [6.45, 7) is 4.06. The molecule has 0 bridgehead atoms. The molecule has 0 spiro atoms. The smallest absolute Gasteiger partial charge is 0.226 e. The summed E-state index contributed by atoms with van der Waals surface area (Å²) in [6, 6.07) is 8.25. The molecule has 5 nitrogen and oxygen atoms in total. The van der Waals surface area contributed by atoms with E-state index in [0.29, 0.717) is 19.1 Å². The topological polar surface area (TPSA) is 47.4 Å². The average molecular weight is 313 g/mol. The van der Waals surface area contributed by atoms with Crippen molar-refractivity contribution in [2.45, 2.75) is 32.2 Å². The third-order valence-electron chi connectivity index (χ3n) is 4.27. The second-order valence-corrected chi connectivity index (χ2v) is 6.06. The number of aryl methyl sites for hydroxylation is 1. The van der Waals surface area contributed by atoms with E-state index in [-0.39, 0.29) is 5.91 Å². The van der Waals surface area contributed by atoms with E-state index in [1.165, 1.54) is 0 Å². The Bertz CT molecular complexity index is 639. The normalized spacial score (nSPS) is 18.0. The van der Waals surface area contributed by atoms with Gasteiger partial charge in [-0.3, -0.25) is 4.79 Å². The Morgan fingerprint density at radius 1 is 1.43 bits per heavy atom. The zero-order valence-corrected chi connectivity index (χ0v) is 13.5. The van der Waals surface area contributed by atoms with Crippen molar-refractivity contribution in [2.75, 3.05) is 19.7 Å². The molecule has 2 aromatic rings. The number of benzene rings is 1. The van der Waals surface area contributed by atoms with Crippen LogP contribution in [0.15, 0.2) is 43.0 Å². The van der Waals surface area contributed by atoms with Crippen molar-refractivity contribution in [3.63, 3.8) is 0 Å². The molecule has 0 saturated carbocycles. The first-order chi connectivity index (χ1) is 11.2. The van der Waals surface area contributed by atoms with Gasteiger partial charge >= 0.3 is 0 Å². The zero-order valence-electron chi connectivity index (χ0n) is 13.5. The van der Waals surface area contributed by atoms with Gasteiger partial charge < -0.3 is 14.2 Å². The van der Waals surface area contributed by atoms with Crippen LogP contribution in [-0.2, 0) is 4.79 Å². The molecular formula is C18H23N3O2. The number of piperidine rings is 1. The predicted molar refractivity (Wildman–Crippen MR) is 88.4 cm³/mol. The highest BCUT2D eigenvalue weighted by atomic mass is 16.5. The molecule has 0 N–H and O–H groups in total. The van der Waals surface area contributed by atoms with Crippen LogP contribution in [0.1, 0.15) is 30.9 Å². The first-order valence-electron chi connectivity index (χ1n) is 8.17. The minimum atomic E-state index is 0.169. The summed E-state index contributed by atoms with van der Waals surface area (Å²) in [6.07, 6.45) is 8.15. The second-order valence-electron chi connectivity index (χ2n) is 6.06. The standard InChI is InChI=1S/C18H23N3O2/c1-15-4-2-6-17(12-15)23-11-7-18(22)20-9-3-5-16(13-20)21-10-8-19-14-21/h2,4,6,8,10,12,14,16H,3,5,7,9,11,13H2,1H3/t16-/m0/s1. The minimum Gasteiger partial charge on any atom is -0.493 e. The molecule has 5 heteroatoms. The maximum absolute atomic E-state index is 12.4. The van der Waals surface area contributed by atoms with Gasteiger partial charge in [0.1, 0.15) is 5.75 Å². The number of aromatic nitrogens is 2. The molecule has 0 aliphatic carbocycles. The molecule has 2 heterocycles. The molecule has 1 aromatic carbocycles. The van der Waals surface area contributed by atoms with Gasteiger partial charge in [-0.15, -0.1) is 0 Å². The summed E-state index contributed by atoms with van der Waals surface area (Å²) in [5.74, 6) is 0.996. The summed E-state index contributed by atoms with van der Waals surface area (Å²) >= 11 is 0. The largest absolute Gasteiger partial charge is 0.493 e. The van der Waals surface area contributed by atoms with Gasteiger partial charge in [-0.25, -0.2) is 4.98 Å². The van der Waals surface area contributed by atoms with Gasteiger partial charge in [-0.2, -0.15) is 0 Å². The monoisotopic (exact) mass is 313 g/mol. The van der Waals surface area contributed by atoms with Crippen LogP contribution < -0.4 is 4.74 Å². The lowest BCUT2D eigenvalue weighted by molar-refractivity contribution is -0.133. The van der Waals surface area contributed by atoms with E-state index >= 15 is 0 Å². The first-order valence-corrected chi connectivity index (χ1v) is 8.17. The molecule has 1 amide bonds. The van der Waals surface area contributed by atoms with Crippen LogP contribution in [0.2, 0.25) is 0 Å². The number of carbonyl (C=O) groups excluding carboxylic acids is 1. The molecule has 0 radical (unpaired) electrons. The average Bonchev–Trinajstić information content (AvgIpc) is 3.09. The highest BCUT2D eigenvalue weighted by Crippen LogP contribution is 2.21. The number of carbonyl (C=O) groups is 1. The molecule has 1 saturated heterocycles. The second kappa shape index (κ2) is 7.31. The minimum absolute atomic E-state index is 0.169. The third kappa shape index (κ3) is 4.12. The number of amides is 1. The number of ether oxygens (including phenoxy) is 1. The SMILES string of the molecule is Cc1cccc(OCCC(=O)N2CCC[C@H](n3ccnc3)C2)c1. The van der Waals surface area contributed by atoms with E-state index in [1.807, 2.05) is 48.6 Å². The molecule has 0 unspecified atom stereocenters. The number of imidazole rings is 1. The van der Waals surface area contributed by atoms with Crippen molar-refractivity contribution in [3.05, 3.63) is 48.5 Å². The Balaban J connectivity index is 1.48. The zero-order chi connectivity index (χ0) is 16.1. The van der Waals surface area contributed by atoms with E-state index < -0.39 is 0 Å². The maximum atomic E-state index is 12.4. The lowest BCUT2D eigenvalue weighted by atomic mass is 10.1. The van der Waals surface area contributed by atoms with E-state index in [0.717, 1.165) is 37.2 Å². The van der Waals surface area contributed by atoms with Gasteiger partial charge in [0, 0.05) is 25.5 Å². The van der Waals surface area contributed by atoms with Crippen molar-refractivity contribution in [3.8, 4) is 5.75 Å². The highest BCUT2D eigenvalue weighted by Gasteiger charge is 2.24. The molecule has 122 valence electrons. The fourth-order valence-corrected chi connectivity index (χ4v) is 3.03. The molecule has 23 heavy (non-hydrogen) atoms. The molecular weight excluding hydrogens is 290 g/mol. The quantitative estimate of drug-likeness (QED) is 0.853. The van der Waals surface area contributed by atoms with Gasteiger partial charge in [0.25, 0.3) is 0 Å². The van der Waals surface area contributed by atoms with Crippen molar-refractivity contribution in [1.82, 2.24) is 14.5 Å². The van der Waals surface area contributed by atoms with Crippen LogP contribution in [-0.4, -0.2) is 40.1 Å². The Kier molecular flexibility index (Phi) is 4.95. The van der Waals surface area contributed by atoms with Gasteiger partial charge in [0.05, 0.1) is 25.4 Å². The number of rotatable bonds is 5. The summed E-state index contributed by atoms with van der Waals surface area (Å²) in [7, 11) is 0. The Morgan fingerprint density at radius 2 is 2.35 bits per heavy atom. The fourth-order valence-electron chi connectivity index (χ4n) is 3.03. The van der Waals surface area contributed by atoms with Crippen LogP contribution >= 0.6 is 0 Å². The number of likely N-dealkylation sites (tertiary alicyclic amines) is 1. The molecule has 1 atom stereocenters. The number of hydrogen-bond donors (Lipinski definition) is 0. The van der Waals surface area contributed by atoms with E-state index in [9.17, 15) is 4.79 Å². The summed E-state index contributed by atoms with van der Waals surface area (Å²) in [4.78, 5) is 18.4. The van der Waals surface area contributed by atoms with Gasteiger partial charge in [0.15, 0.2) is 0 Å². The number of hydrogen-bond acceptors (Lipinski definition) is 3. The van der Waals surface area contributed by atoms with E-state index in [2.05, 4.69) is 9.55 Å². The third-order valence-corrected chi connectivity index (χ3v) is 4.27. The van der Waals surface area contributed by atoms with Crippen LogP contribution in [0.4, 0.5) is 0 Å². The molecule has 1 aromatic heterocycles. The van der Waals surface area contributed by atoms with Crippen LogP contribution in [0, 0.1) is 6.92 Å². The van der Waals surface area contributed by atoms with Crippen LogP contribution in [0.3, 0.4) is 0 Å². The van der Waals surface area contributed by atoms with Crippen LogP contribution in [0.25, 0.3) is 0 Å². The lowest BCUT2D eigenvalue weighted by Gasteiger charge is -2.33. The van der Waals surface area contributed by atoms with Crippen molar-refractivity contribution in [1.29, 1.82) is 0 Å². The van der Waals surface area contributed by atoms with Crippen molar-refractivity contribution >= 4 is 5.91 Å².